The molecule has 1 aromatic rings. The summed E-state index contributed by atoms with van der Waals surface area (Å²) >= 11 is 0. The molecule has 1 aliphatic heterocycles. The topological polar surface area (TPSA) is 54.3 Å². The first-order valence-corrected chi connectivity index (χ1v) is 8.07. The molecule has 0 radical (unpaired) electrons. The molecule has 0 amide bonds. The molecule has 4 heteroatoms. The molecule has 0 unspecified atom stereocenters. The van der Waals surface area contributed by atoms with Crippen molar-refractivity contribution in [3.63, 3.8) is 0 Å². The van der Waals surface area contributed by atoms with Crippen LogP contribution in [0, 0.1) is 23.2 Å². The number of ether oxygens (including phenoxy) is 2. The van der Waals surface area contributed by atoms with Crippen molar-refractivity contribution >= 4 is 0 Å². The van der Waals surface area contributed by atoms with Gasteiger partial charge in [-0.3, -0.25) is 0 Å². The molecule has 0 saturated carbocycles. The third-order valence-electron chi connectivity index (χ3n) is 4.07. The van der Waals surface area contributed by atoms with E-state index in [9.17, 15) is 0 Å². The first kappa shape index (κ1) is 16.8. The fraction of sp³-hybridized carbons (Fsp3) is 0.611. The fourth-order valence-electron chi connectivity index (χ4n) is 2.93. The second kappa shape index (κ2) is 8.17. The summed E-state index contributed by atoms with van der Waals surface area (Å²) in [6, 6.07) is 9.97. The molecular formula is C18H26N2O2. The van der Waals surface area contributed by atoms with Crippen LogP contribution in [-0.4, -0.2) is 25.4 Å². The van der Waals surface area contributed by atoms with Gasteiger partial charge in [0.25, 0.3) is 0 Å². The summed E-state index contributed by atoms with van der Waals surface area (Å²) < 4.78 is 11.3. The van der Waals surface area contributed by atoms with Gasteiger partial charge in [-0.05, 0) is 42.9 Å². The summed E-state index contributed by atoms with van der Waals surface area (Å²) in [5.41, 5.74) is 1.22. The van der Waals surface area contributed by atoms with Gasteiger partial charge in [-0.1, -0.05) is 26.0 Å². The van der Waals surface area contributed by atoms with Gasteiger partial charge in [0, 0.05) is 19.7 Å². The standard InChI is InChI=1S/C18H26N2O2/c1-13(2)18-16(8-9-21-18)12-20-11-15-4-6-17(7-5-15)22-14(3)10-19/h4-7,13-14,16,18,20H,8-9,11-12H2,1-3H3/t14-,16-,18-/m1/s1. The molecule has 0 spiro atoms. The van der Waals surface area contributed by atoms with Crippen molar-refractivity contribution in [3.8, 4) is 11.8 Å². The van der Waals surface area contributed by atoms with E-state index >= 15 is 0 Å². The molecule has 0 bridgehead atoms. The largest absolute Gasteiger partial charge is 0.476 e. The van der Waals surface area contributed by atoms with E-state index in [1.54, 1.807) is 6.92 Å². The van der Waals surface area contributed by atoms with Crippen LogP contribution in [0.25, 0.3) is 0 Å². The molecule has 3 atom stereocenters. The van der Waals surface area contributed by atoms with E-state index in [0.717, 1.165) is 31.9 Å². The lowest BCUT2D eigenvalue weighted by Gasteiger charge is -2.22. The summed E-state index contributed by atoms with van der Waals surface area (Å²) in [6.45, 7) is 8.92. The lowest BCUT2D eigenvalue weighted by atomic mass is 9.93. The molecular weight excluding hydrogens is 276 g/mol. The second-order valence-corrected chi connectivity index (χ2v) is 6.29. The first-order valence-electron chi connectivity index (χ1n) is 8.07. The molecule has 1 saturated heterocycles. The van der Waals surface area contributed by atoms with Crippen LogP contribution in [0.3, 0.4) is 0 Å². The zero-order valence-electron chi connectivity index (χ0n) is 13.7. The third kappa shape index (κ3) is 4.72. The smallest absolute Gasteiger partial charge is 0.181 e. The Morgan fingerprint density at radius 1 is 1.32 bits per heavy atom. The lowest BCUT2D eigenvalue weighted by Crippen LogP contribution is -2.31. The van der Waals surface area contributed by atoms with Crippen molar-refractivity contribution in [3.05, 3.63) is 29.8 Å². The van der Waals surface area contributed by atoms with Gasteiger partial charge >= 0.3 is 0 Å². The van der Waals surface area contributed by atoms with Crippen molar-refractivity contribution in [2.75, 3.05) is 13.2 Å². The van der Waals surface area contributed by atoms with Gasteiger partial charge in [-0.2, -0.15) is 5.26 Å². The minimum atomic E-state index is -0.417. The Balaban J connectivity index is 1.76. The summed E-state index contributed by atoms with van der Waals surface area (Å²) in [6.07, 6.45) is 1.12. The van der Waals surface area contributed by atoms with Crippen molar-refractivity contribution in [1.82, 2.24) is 5.32 Å². The number of nitrogens with one attached hydrogen (secondary N) is 1. The number of rotatable bonds is 7. The van der Waals surface area contributed by atoms with Crippen LogP contribution in [0.5, 0.6) is 5.75 Å². The molecule has 2 rings (SSSR count). The van der Waals surface area contributed by atoms with Crippen molar-refractivity contribution in [2.45, 2.75) is 45.9 Å². The Kier molecular flexibility index (Phi) is 6.23. The Hall–Kier alpha value is -1.57. The molecule has 1 aromatic carbocycles. The predicted octanol–water partition coefficient (Wildman–Crippen LogP) is 3.13. The van der Waals surface area contributed by atoms with Gasteiger partial charge in [0.15, 0.2) is 6.10 Å². The van der Waals surface area contributed by atoms with Crippen LogP contribution in [0.15, 0.2) is 24.3 Å². The maximum Gasteiger partial charge on any atom is 0.181 e. The molecule has 4 nitrogen and oxygen atoms in total. The highest BCUT2D eigenvalue weighted by molar-refractivity contribution is 5.27. The zero-order valence-corrected chi connectivity index (χ0v) is 13.7. The van der Waals surface area contributed by atoms with E-state index in [1.807, 2.05) is 24.3 Å². The van der Waals surface area contributed by atoms with Gasteiger partial charge in [0.2, 0.25) is 0 Å². The highest BCUT2D eigenvalue weighted by atomic mass is 16.5. The van der Waals surface area contributed by atoms with Crippen LogP contribution < -0.4 is 10.1 Å². The average Bonchev–Trinajstić information content (AvgIpc) is 2.97. The Labute approximate surface area is 133 Å². The Morgan fingerprint density at radius 3 is 2.68 bits per heavy atom. The summed E-state index contributed by atoms with van der Waals surface area (Å²) in [5.74, 6) is 1.92. The molecule has 1 N–H and O–H groups in total. The molecule has 0 aromatic heterocycles. The van der Waals surface area contributed by atoms with E-state index in [0.29, 0.717) is 17.9 Å². The van der Waals surface area contributed by atoms with Gasteiger partial charge in [0.05, 0.1) is 6.10 Å². The number of hydrogen-bond donors (Lipinski definition) is 1. The van der Waals surface area contributed by atoms with Gasteiger partial charge in [-0.15, -0.1) is 0 Å². The van der Waals surface area contributed by atoms with Crippen molar-refractivity contribution in [2.24, 2.45) is 11.8 Å². The highest BCUT2D eigenvalue weighted by Gasteiger charge is 2.29. The quantitative estimate of drug-likeness (QED) is 0.841. The number of nitrogens with zero attached hydrogens (tertiary/aromatic N) is 1. The highest BCUT2D eigenvalue weighted by Crippen LogP contribution is 2.26. The molecule has 1 aliphatic rings. The molecule has 1 fully saturated rings. The number of benzene rings is 1. The second-order valence-electron chi connectivity index (χ2n) is 6.29. The summed E-state index contributed by atoms with van der Waals surface area (Å²) in [5, 5.41) is 12.3. The van der Waals surface area contributed by atoms with E-state index < -0.39 is 6.10 Å². The minimum absolute atomic E-state index is 0.385. The van der Waals surface area contributed by atoms with Crippen molar-refractivity contribution < 1.29 is 9.47 Å². The van der Waals surface area contributed by atoms with Crippen LogP contribution in [0.4, 0.5) is 0 Å². The fourth-order valence-corrected chi connectivity index (χ4v) is 2.93. The zero-order chi connectivity index (χ0) is 15.9. The van der Waals surface area contributed by atoms with Gasteiger partial charge in [-0.25, -0.2) is 0 Å². The van der Waals surface area contributed by atoms with Gasteiger partial charge in [0.1, 0.15) is 11.8 Å². The lowest BCUT2D eigenvalue weighted by molar-refractivity contribution is 0.0539. The normalized spacial score (nSPS) is 22.5. The maximum atomic E-state index is 8.74. The Morgan fingerprint density at radius 2 is 2.05 bits per heavy atom. The molecule has 22 heavy (non-hydrogen) atoms. The SMILES string of the molecule is CC(C)[C@H]1OCC[C@@H]1CNCc1ccc(O[C@H](C)C#N)cc1. The Bertz CT molecular complexity index is 493. The summed E-state index contributed by atoms with van der Waals surface area (Å²) in [7, 11) is 0. The monoisotopic (exact) mass is 302 g/mol. The van der Waals surface area contributed by atoms with Crippen LogP contribution >= 0.6 is 0 Å². The van der Waals surface area contributed by atoms with E-state index in [-0.39, 0.29) is 0 Å². The summed E-state index contributed by atoms with van der Waals surface area (Å²) in [4.78, 5) is 0. The van der Waals surface area contributed by atoms with Crippen LogP contribution in [0.1, 0.15) is 32.8 Å². The third-order valence-corrected chi connectivity index (χ3v) is 4.07. The molecule has 1 heterocycles. The predicted molar refractivity (Wildman–Crippen MR) is 86.5 cm³/mol. The van der Waals surface area contributed by atoms with Gasteiger partial charge < -0.3 is 14.8 Å². The van der Waals surface area contributed by atoms with Crippen LogP contribution in [0.2, 0.25) is 0 Å². The van der Waals surface area contributed by atoms with E-state index in [2.05, 4.69) is 25.2 Å². The minimum Gasteiger partial charge on any atom is -0.476 e. The maximum absolute atomic E-state index is 8.74. The van der Waals surface area contributed by atoms with Crippen LogP contribution in [-0.2, 0) is 11.3 Å². The van der Waals surface area contributed by atoms with E-state index in [1.165, 1.54) is 5.56 Å². The number of nitriles is 1. The number of hydrogen-bond acceptors (Lipinski definition) is 4. The molecule has 0 aliphatic carbocycles. The first-order chi connectivity index (χ1) is 10.6. The average molecular weight is 302 g/mol. The molecule has 120 valence electrons. The van der Waals surface area contributed by atoms with Crippen molar-refractivity contribution in [1.29, 1.82) is 5.26 Å². The van der Waals surface area contributed by atoms with E-state index in [4.69, 9.17) is 14.7 Å².